The minimum atomic E-state index is -0.436. The maximum absolute atomic E-state index is 12.8. The Morgan fingerprint density at radius 2 is 2.38 bits per heavy atom. The zero-order valence-electron chi connectivity index (χ0n) is 6.63. The van der Waals surface area contributed by atoms with Gasteiger partial charge >= 0.3 is 0 Å². The third-order valence-electron chi connectivity index (χ3n) is 1.79. The van der Waals surface area contributed by atoms with Gasteiger partial charge in [-0.3, -0.25) is 5.41 Å². The van der Waals surface area contributed by atoms with Crippen molar-refractivity contribution >= 4 is 16.9 Å². The van der Waals surface area contributed by atoms with Gasteiger partial charge in [0.2, 0.25) is 0 Å². The number of hydrogen-bond donors (Lipinski definition) is 3. The summed E-state index contributed by atoms with van der Waals surface area (Å²) in [6.07, 6.45) is 2.65. The summed E-state index contributed by atoms with van der Waals surface area (Å²) < 4.78 is 12.8. The number of fused-ring (bicyclic) bond motifs is 1. The first-order valence-corrected chi connectivity index (χ1v) is 3.65. The number of nitrogens with one attached hydrogen (secondary N) is 2. The molecular weight excluding hydrogens is 171 g/mol. The zero-order chi connectivity index (χ0) is 9.42. The van der Waals surface area contributed by atoms with E-state index in [2.05, 4.69) is 9.97 Å². The van der Waals surface area contributed by atoms with Crippen molar-refractivity contribution in [1.29, 1.82) is 5.41 Å². The summed E-state index contributed by atoms with van der Waals surface area (Å²) in [5.74, 6) is -0.534. The van der Waals surface area contributed by atoms with Gasteiger partial charge in [0, 0.05) is 17.1 Å². The van der Waals surface area contributed by atoms with Crippen LogP contribution in [0.4, 0.5) is 4.39 Å². The number of rotatable bonds is 1. The van der Waals surface area contributed by atoms with Crippen LogP contribution in [0.3, 0.4) is 0 Å². The summed E-state index contributed by atoms with van der Waals surface area (Å²) in [5.41, 5.74) is 6.30. The highest BCUT2D eigenvalue weighted by molar-refractivity contribution is 6.06. The summed E-state index contributed by atoms with van der Waals surface area (Å²) in [4.78, 5) is 6.60. The fraction of sp³-hybridized carbons (Fsp3) is 0. The lowest BCUT2D eigenvalue weighted by atomic mass is 10.2. The van der Waals surface area contributed by atoms with Crippen LogP contribution < -0.4 is 5.73 Å². The molecule has 0 aromatic carbocycles. The molecule has 2 aromatic heterocycles. The molecule has 4 nitrogen and oxygen atoms in total. The van der Waals surface area contributed by atoms with Gasteiger partial charge in [-0.25, -0.2) is 9.37 Å². The Balaban J connectivity index is 2.79. The van der Waals surface area contributed by atoms with Crippen LogP contribution in [-0.2, 0) is 0 Å². The lowest BCUT2D eigenvalue weighted by Gasteiger charge is -1.93. The van der Waals surface area contributed by atoms with Crippen molar-refractivity contribution in [2.75, 3.05) is 0 Å². The standard InChI is InChI=1S/C8H7FN4/c9-4-1-5-6(7(10)11)3-13-8(5)12-2-4/h1-3H,(H3,10,11)(H,12,13). The molecule has 2 rings (SSSR count). The number of nitrogens with two attached hydrogens (primary N) is 1. The van der Waals surface area contributed by atoms with Gasteiger partial charge in [0.25, 0.3) is 0 Å². The molecule has 5 heteroatoms. The second kappa shape index (κ2) is 2.55. The largest absolute Gasteiger partial charge is 0.384 e. The highest BCUT2D eigenvalue weighted by Gasteiger charge is 2.07. The van der Waals surface area contributed by atoms with E-state index in [1.165, 1.54) is 6.07 Å². The Kier molecular flexibility index (Phi) is 1.51. The predicted molar refractivity (Wildman–Crippen MR) is 47.1 cm³/mol. The molecular formula is C8H7FN4. The molecule has 0 saturated heterocycles. The molecule has 2 aromatic rings. The molecule has 0 spiro atoms. The Bertz CT molecular complexity index is 474. The number of amidine groups is 1. The van der Waals surface area contributed by atoms with E-state index in [1.807, 2.05) is 0 Å². The monoisotopic (exact) mass is 178 g/mol. The summed E-state index contributed by atoms with van der Waals surface area (Å²) in [7, 11) is 0. The van der Waals surface area contributed by atoms with Crippen LogP contribution in [0.2, 0.25) is 0 Å². The number of nitrogens with zero attached hydrogens (tertiary/aromatic N) is 1. The van der Waals surface area contributed by atoms with E-state index in [9.17, 15) is 4.39 Å². The van der Waals surface area contributed by atoms with E-state index in [1.54, 1.807) is 6.20 Å². The van der Waals surface area contributed by atoms with Gasteiger partial charge in [-0.05, 0) is 6.07 Å². The van der Waals surface area contributed by atoms with Gasteiger partial charge in [0.15, 0.2) is 0 Å². The number of H-pyrrole nitrogens is 1. The van der Waals surface area contributed by atoms with Gasteiger partial charge in [-0.1, -0.05) is 0 Å². The average molecular weight is 178 g/mol. The Morgan fingerprint density at radius 1 is 1.62 bits per heavy atom. The fourth-order valence-corrected chi connectivity index (χ4v) is 1.20. The van der Waals surface area contributed by atoms with E-state index in [4.69, 9.17) is 11.1 Å². The van der Waals surface area contributed by atoms with Gasteiger partial charge < -0.3 is 10.7 Å². The molecule has 0 atom stereocenters. The second-order valence-electron chi connectivity index (χ2n) is 2.67. The van der Waals surface area contributed by atoms with E-state index >= 15 is 0 Å². The molecule has 0 unspecified atom stereocenters. The highest BCUT2D eigenvalue weighted by Crippen LogP contribution is 2.16. The Morgan fingerprint density at radius 3 is 3.08 bits per heavy atom. The average Bonchev–Trinajstić information content (AvgIpc) is 2.46. The summed E-state index contributed by atoms with van der Waals surface area (Å²) in [6.45, 7) is 0. The van der Waals surface area contributed by atoms with Crippen molar-refractivity contribution in [2.24, 2.45) is 5.73 Å². The molecule has 4 N–H and O–H groups in total. The van der Waals surface area contributed by atoms with Crippen LogP contribution in [0.1, 0.15) is 5.56 Å². The number of hydrogen-bond acceptors (Lipinski definition) is 2. The summed E-state index contributed by atoms with van der Waals surface area (Å²) in [6, 6.07) is 1.30. The molecule has 0 aliphatic rings. The zero-order valence-corrected chi connectivity index (χ0v) is 6.63. The van der Waals surface area contributed by atoms with E-state index in [-0.39, 0.29) is 5.84 Å². The van der Waals surface area contributed by atoms with Crippen LogP contribution in [0.15, 0.2) is 18.5 Å². The molecule has 0 aliphatic heterocycles. The maximum atomic E-state index is 12.8. The SMILES string of the molecule is N=C(N)c1c[nH]c2ncc(F)cc12. The van der Waals surface area contributed by atoms with Gasteiger partial charge in [-0.15, -0.1) is 0 Å². The van der Waals surface area contributed by atoms with Crippen LogP contribution in [0, 0.1) is 11.2 Å². The van der Waals surface area contributed by atoms with Crippen LogP contribution in [-0.4, -0.2) is 15.8 Å². The van der Waals surface area contributed by atoms with Crippen molar-refractivity contribution in [3.05, 3.63) is 29.8 Å². The Labute approximate surface area is 73.1 Å². The predicted octanol–water partition coefficient (Wildman–Crippen LogP) is 0.986. The van der Waals surface area contributed by atoms with Crippen molar-refractivity contribution in [1.82, 2.24) is 9.97 Å². The van der Waals surface area contributed by atoms with Gasteiger partial charge in [0.05, 0.1) is 6.20 Å². The number of aromatic nitrogens is 2. The number of halogens is 1. The molecule has 0 aliphatic carbocycles. The topological polar surface area (TPSA) is 78.5 Å². The van der Waals surface area contributed by atoms with Crippen LogP contribution in [0.5, 0.6) is 0 Å². The highest BCUT2D eigenvalue weighted by atomic mass is 19.1. The minimum Gasteiger partial charge on any atom is -0.384 e. The molecule has 2 heterocycles. The molecule has 13 heavy (non-hydrogen) atoms. The first kappa shape index (κ1) is 7.72. The summed E-state index contributed by atoms with van der Waals surface area (Å²) >= 11 is 0. The quantitative estimate of drug-likeness (QED) is 0.449. The van der Waals surface area contributed by atoms with E-state index in [0.29, 0.717) is 16.6 Å². The Hall–Kier alpha value is -1.91. The van der Waals surface area contributed by atoms with Gasteiger partial charge in [-0.2, -0.15) is 0 Å². The molecule has 0 fully saturated rings. The van der Waals surface area contributed by atoms with E-state index in [0.717, 1.165) is 6.20 Å². The lowest BCUT2D eigenvalue weighted by Crippen LogP contribution is -2.10. The molecule has 0 bridgehead atoms. The second-order valence-corrected chi connectivity index (χ2v) is 2.67. The third kappa shape index (κ3) is 1.14. The normalized spacial score (nSPS) is 10.5. The lowest BCUT2D eigenvalue weighted by molar-refractivity contribution is 0.624. The number of nitrogen functional groups attached to an aromatic ring is 1. The number of aromatic amines is 1. The molecule has 0 amide bonds. The van der Waals surface area contributed by atoms with Gasteiger partial charge in [0.1, 0.15) is 17.3 Å². The first-order chi connectivity index (χ1) is 6.18. The fourth-order valence-electron chi connectivity index (χ4n) is 1.20. The smallest absolute Gasteiger partial charge is 0.142 e. The van der Waals surface area contributed by atoms with Crippen molar-refractivity contribution in [3.63, 3.8) is 0 Å². The first-order valence-electron chi connectivity index (χ1n) is 3.65. The van der Waals surface area contributed by atoms with E-state index < -0.39 is 5.82 Å². The van der Waals surface area contributed by atoms with Crippen LogP contribution >= 0.6 is 0 Å². The summed E-state index contributed by atoms with van der Waals surface area (Å²) in [5, 5.41) is 7.75. The van der Waals surface area contributed by atoms with Crippen molar-refractivity contribution in [2.45, 2.75) is 0 Å². The van der Waals surface area contributed by atoms with Crippen molar-refractivity contribution < 1.29 is 4.39 Å². The van der Waals surface area contributed by atoms with Crippen LogP contribution in [0.25, 0.3) is 11.0 Å². The third-order valence-corrected chi connectivity index (χ3v) is 1.79. The number of pyridine rings is 1. The molecule has 66 valence electrons. The van der Waals surface area contributed by atoms with Crippen molar-refractivity contribution in [3.8, 4) is 0 Å². The maximum Gasteiger partial charge on any atom is 0.142 e. The molecule has 0 saturated carbocycles. The minimum absolute atomic E-state index is 0.0985. The molecule has 0 radical (unpaired) electrons.